The molecule has 4 unspecified atom stereocenters. The van der Waals surface area contributed by atoms with Crippen molar-refractivity contribution in [2.45, 2.75) is 119 Å². The van der Waals surface area contributed by atoms with Crippen LogP contribution in [0.2, 0.25) is 0 Å². The van der Waals surface area contributed by atoms with Crippen molar-refractivity contribution in [3.8, 4) is 0 Å². The SMILES string of the molecule is C=C(C)CC[C@@H](C)[C@@]1(C)CC[C@@]2(C)C3CC=C4CC(N)CCC4(C)[C@@]3(C)CCC21C. The molecule has 1 heteroatoms. The summed E-state index contributed by atoms with van der Waals surface area (Å²) in [4.78, 5) is 0. The third kappa shape index (κ3) is 2.69. The zero-order valence-electron chi connectivity index (χ0n) is 21.2. The van der Waals surface area contributed by atoms with E-state index >= 15 is 0 Å². The molecule has 0 saturated heterocycles. The van der Waals surface area contributed by atoms with Crippen LogP contribution in [0.5, 0.6) is 0 Å². The van der Waals surface area contributed by atoms with Crippen LogP contribution < -0.4 is 5.73 Å². The molecule has 4 aliphatic carbocycles. The summed E-state index contributed by atoms with van der Waals surface area (Å²) in [5, 5.41) is 0. The predicted octanol–water partition coefficient (Wildman–Crippen LogP) is 8.06. The van der Waals surface area contributed by atoms with Gasteiger partial charge in [0.25, 0.3) is 0 Å². The number of rotatable bonds is 4. The molecule has 4 rings (SSSR count). The van der Waals surface area contributed by atoms with Crippen LogP contribution in [0.3, 0.4) is 0 Å². The number of allylic oxidation sites excluding steroid dienone is 2. The van der Waals surface area contributed by atoms with Gasteiger partial charge in [-0.15, -0.1) is 6.58 Å². The quantitative estimate of drug-likeness (QED) is 0.465. The monoisotopic (exact) mass is 411 g/mol. The Hall–Kier alpha value is -0.560. The van der Waals surface area contributed by atoms with E-state index in [1.165, 1.54) is 63.4 Å². The van der Waals surface area contributed by atoms with Crippen molar-refractivity contribution in [1.29, 1.82) is 0 Å². The molecule has 2 N–H and O–H groups in total. The number of fused-ring (bicyclic) bond motifs is 5. The second-order valence-corrected chi connectivity index (χ2v) is 13.3. The Kier molecular flexibility index (Phi) is 5.25. The maximum Gasteiger partial charge on any atom is 0.00766 e. The molecular formula is C29H49N. The zero-order valence-corrected chi connectivity index (χ0v) is 21.2. The second-order valence-electron chi connectivity index (χ2n) is 13.3. The fraction of sp³-hybridized carbons (Fsp3) is 0.862. The molecule has 1 nitrogen and oxygen atoms in total. The topological polar surface area (TPSA) is 26.0 Å². The van der Waals surface area contributed by atoms with Gasteiger partial charge >= 0.3 is 0 Å². The molecule has 170 valence electrons. The molecule has 30 heavy (non-hydrogen) atoms. The highest BCUT2D eigenvalue weighted by molar-refractivity contribution is 5.31. The van der Waals surface area contributed by atoms with Crippen molar-refractivity contribution in [3.63, 3.8) is 0 Å². The summed E-state index contributed by atoms with van der Waals surface area (Å²) in [6, 6.07) is 0.387. The minimum atomic E-state index is 0.362. The van der Waals surface area contributed by atoms with Crippen molar-refractivity contribution in [2.24, 2.45) is 44.6 Å². The van der Waals surface area contributed by atoms with Gasteiger partial charge in [-0.05, 0) is 110 Å². The van der Waals surface area contributed by atoms with E-state index in [0.29, 0.717) is 33.1 Å². The van der Waals surface area contributed by atoms with Gasteiger partial charge in [0.1, 0.15) is 0 Å². The van der Waals surface area contributed by atoms with E-state index in [-0.39, 0.29) is 0 Å². The van der Waals surface area contributed by atoms with Gasteiger partial charge in [0, 0.05) is 6.04 Å². The van der Waals surface area contributed by atoms with Crippen LogP contribution in [0, 0.1) is 38.9 Å². The lowest BCUT2D eigenvalue weighted by molar-refractivity contribution is -0.180. The summed E-state index contributed by atoms with van der Waals surface area (Å²) in [5.74, 6) is 1.57. The van der Waals surface area contributed by atoms with Crippen LogP contribution in [0.1, 0.15) is 113 Å². The van der Waals surface area contributed by atoms with E-state index in [2.05, 4.69) is 61.1 Å². The summed E-state index contributed by atoms with van der Waals surface area (Å²) in [5.41, 5.74) is 11.6. The van der Waals surface area contributed by atoms with E-state index < -0.39 is 0 Å². The fourth-order valence-corrected chi connectivity index (χ4v) is 9.46. The predicted molar refractivity (Wildman–Crippen MR) is 130 cm³/mol. The second kappa shape index (κ2) is 6.97. The summed E-state index contributed by atoms with van der Waals surface area (Å²) < 4.78 is 0. The van der Waals surface area contributed by atoms with Crippen LogP contribution in [-0.2, 0) is 0 Å². The Morgan fingerprint density at radius 1 is 1.07 bits per heavy atom. The van der Waals surface area contributed by atoms with Gasteiger partial charge in [0.2, 0.25) is 0 Å². The summed E-state index contributed by atoms with van der Waals surface area (Å²) in [6.45, 7) is 22.3. The van der Waals surface area contributed by atoms with Gasteiger partial charge in [-0.2, -0.15) is 0 Å². The van der Waals surface area contributed by atoms with Crippen molar-refractivity contribution in [2.75, 3.05) is 0 Å². The molecule has 0 spiro atoms. The number of hydrogen-bond acceptors (Lipinski definition) is 1. The van der Waals surface area contributed by atoms with E-state index in [1.807, 2.05) is 0 Å². The lowest BCUT2D eigenvalue weighted by atomic mass is 9.35. The maximum atomic E-state index is 6.42. The third-order valence-electron chi connectivity index (χ3n) is 12.5. The number of hydrogen-bond donors (Lipinski definition) is 1. The van der Waals surface area contributed by atoms with Gasteiger partial charge in [-0.3, -0.25) is 0 Å². The average Bonchev–Trinajstić information content (AvgIpc) is 2.90. The zero-order chi connectivity index (χ0) is 22.2. The van der Waals surface area contributed by atoms with Crippen LogP contribution in [-0.4, -0.2) is 6.04 Å². The highest BCUT2D eigenvalue weighted by Crippen LogP contribution is 2.79. The largest absolute Gasteiger partial charge is 0.327 e. The van der Waals surface area contributed by atoms with Crippen molar-refractivity contribution in [1.82, 2.24) is 0 Å². The molecule has 0 amide bonds. The highest BCUT2D eigenvalue weighted by atomic mass is 14.8. The summed E-state index contributed by atoms with van der Waals surface area (Å²) in [7, 11) is 0. The number of nitrogens with two attached hydrogens (primary N) is 1. The molecule has 3 fully saturated rings. The van der Waals surface area contributed by atoms with Crippen LogP contribution >= 0.6 is 0 Å². The Labute approximate surface area is 187 Å². The van der Waals surface area contributed by atoms with E-state index in [4.69, 9.17) is 5.73 Å². The Balaban J connectivity index is 1.71. The van der Waals surface area contributed by atoms with Gasteiger partial charge in [0.05, 0.1) is 0 Å². The van der Waals surface area contributed by atoms with Crippen LogP contribution in [0.15, 0.2) is 23.8 Å². The molecule has 0 aromatic rings. The van der Waals surface area contributed by atoms with Crippen molar-refractivity contribution >= 4 is 0 Å². The lowest BCUT2D eigenvalue weighted by Gasteiger charge is -2.69. The molecule has 3 saturated carbocycles. The van der Waals surface area contributed by atoms with Crippen molar-refractivity contribution < 1.29 is 0 Å². The smallest absolute Gasteiger partial charge is 0.00766 e. The Bertz CT molecular complexity index is 749. The molecular weight excluding hydrogens is 362 g/mol. The van der Waals surface area contributed by atoms with Gasteiger partial charge in [-0.25, -0.2) is 0 Å². The highest BCUT2D eigenvalue weighted by Gasteiger charge is 2.71. The molecule has 0 bridgehead atoms. The first-order valence-corrected chi connectivity index (χ1v) is 12.9. The van der Waals surface area contributed by atoms with Gasteiger partial charge in [0.15, 0.2) is 0 Å². The molecule has 0 radical (unpaired) electrons. The third-order valence-corrected chi connectivity index (χ3v) is 12.5. The molecule has 4 aliphatic rings. The Morgan fingerprint density at radius 3 is 2.40 bits per heavy atom. The van der Waals surface area contributed by atoms with Crippen molar-refractivity contribution in [3.05, 3.63) is 23.8 Å². The lowest BCUT2D eigenvalue weighted by Crippen LogP contribution is -2.62. The maximum absolute atomic E-state index is 6.42. The standard InChI is InChI=1S/C29H49N/c1-20(2)9-10-21(3)25(4)15-16-28(7)24-12-11-22-19-23(30)13-14-26(22,5)27(24,6)17-18-29(25,28)8/h11,21,23-24H,1,9-10,12-19,30H2,2-8H3/t21-,23?,24?,25-,26?,27+,28+,29?/m1/s1. The van der Waals surface area contributed by atoms with Crippen LogP contribution in [0.4, 0.5) is 0 Å². The summed E-state index contributed by atoms with van der Waals surface area (Å²) >= 11 is 0. The van der Waals surface area contributed by atoms with Gasteiger partial charge < -0.3 is 5.73 Å². The first kappa shape index (κ1) is 22.6. The van der Waals surface area contributed by atoms with E-state index in [0.717, 1.165) is 18.3 Å². The average molecular weight is 412 g/mol. The molecule has 0 aromatic heterocycles. The van der Waals surface area contributed by atoms with E-state index in [1.54, 1.807) is 5.57 Å². The molecule has 8 atom stereocenters. The normalized spacial score (nSPS) is 51.4. The van der Waals surface area contributed by atoms with E-state index in [9.17, 15) is 0 Å². The first-order valence-electron chi connectivity index (χ1n) is 12.9. The minimum Gasteiger partial charge on any atom is -0.327 e. The van der Waals surface area contributed by atoms with Crippen LogP contribution in [0.25, 0.3) is 0 Å². The molecule has 0 aromatic carbocycles. The minimum absolute atomic E-state index is 0.362. The van der Waals surface area contributed by atoms with Gasteiger partial charge in [-0.1, -0.05) is 58.8 Å². The molecule has 0 heterocycles. The Morgan fingerprint density at radius 2 is 1.73 bits per heavy atom. The molecule has 0 aliphatic heterocycles. The fourth-order valence-electron chi connectivity index (χ4n) is 9.46. The summed E-state index contributed by atoms with van der Waals surface area (Å²) in [6.07, 6.45) is 15.7. The first-order chi connectivity index (χ1) is 13.8.